The largest absolute Gasteiger partial charge is 0.440 e. The van der Waals surface area contributed by atoms with Gasteiger partial charge in [0, 0.05) is 27.6 Å². The van der Waals surface area contributed by atoms with E-state index >= 15 is 0 Å². The predicted octanol–water partition coefficient (Wildman–Crippen LogP) is 6.13. The minimum absolute atomic E-state index is 0.259. The van der Waals surface area contributed by atoms with E-state index in [0.29, 0.717) is 33.6 Å². The van der Waals surface area contributed by atoms with Gasteiger partial charge in [0.1, 0.15) is 22.7 Å². The van der Waals surface area contributed by atoms with Gasteiger partial charge in [-0.25, -0.2) is 4.39 Å². The van der Waals surface area contributed by atoms with Crippen molar-refractivity contribution in [3.05, 3.63) is 92.2 Å². The summed E-state index contributed by atoms with van der Waals surface area (Å²) in [4.78, 5) is 3.68. The maximum atomic E-state index is 14.4. The zero-order valence-corrected chi connectivity index (χ0v) is 17.8. The Balaban J connectivity index is 1.67. The van der Waals surface area contributed by atoms with E-state index in [9.17, 15) is 4.39 Å². The van der Waals surface area contributed by atoms with Crippen LogP contribution in [0.2, 0.25) is 5.02 Å². The van der Waals surface area contributed by atoms with E-state index in [-0.39, 0.29) is 12.0 Å². The van der Waals surface area contributed by atoms with Crippen molar-refractivity contribution >= 4 is 45.8 Å². The number of nitrogens with zero attached hydrogens (tertiary/aromatic N) is 1. The quantitative estimate of drug-likeness (QED) is 0.482. The Hall–Kier alpha value is -2.41. The van der Waals surface area contributed by atoms with E-state index in [1.807, 2.05) is 40.6 Å². The SMILES string of the molecule is Cc1ccc(N2C3=C(Cc4cc(Cl)ccc4O3)C(=S)NC2c2cccs2)cc1F. The number of rotatable bonds is 2. The van der Waals surface area contributed by atoms with Gasteiger partial charge < -0.3 is 10.1 Å². The van der Waals surface area contributed by atoms with Crippen LogP contribution in [0.3, 0.4) is 0 Å². The van der Waals surface area contributed by atoms with Gasteiger partial charge in [0.05, 0.1) is 5.57 Å². The van der Waals surface area contributed by atoms with E-state index in [1.165, 1.54) is 6.07 Å². The first-order valence-corrected chi connectivity index (χ1v) is 10.8. The molecule has 3 aromatic rings. The first-order chi connectivity index (χ1) is 14.0. The second kappa shape index (κ2) is 7.13. The lowest BCUT2D eigenvalue weighted by Crippen LogP contribution is -2.49. The van der Waals surface area contributed by atoms with Gasteiger partial charge in [0.25, 0.3) is 0 Å². The number of thiophene rings is 1. The number of hydrogen-bond donors (Lipinski definition) is 1. The summed E-state index contributed by atoms with van der Waals surface area (Å²) in [6, 6.07) is 14.8. The average Bonchev–Trinajstić information content (AvgIpc) is 3.24. The third-order valence-electron chi connectivity index (χ3n) is 5.12. The van der Waals surface area contributed by atoms with E-state index in [2.05, 4.69) is 5.32 Å². The highest BCUT2D eigenvalue weighted by molar-refractivity contribution is 7.80. The lowest BCUT2D eigenvalue weighted by Gasteiger charge is -2.42. The molecule has 0 bridgehead atoms. The van der Waals surface area contributed by atoms with Gasteiger partial charge in [-0.3, -0.25) is 4.90 Å². The van der Waals surface area contributed by atoms with Crippen LogP contribution in [0.15, 0.2) is 65.4 Å². The molecule has 0 radical (unpaired) electrons. The summed E-state index contributed by atoms with van der Waals surface area (Å²) in [5, 5.41) is 6.08. The van der Waals surface area contributed by atoms with Gasteiger partial charge in [-0.1, -0.05) is 36.0 Å². The zero-order valence-electron chi connectivity index (χ0n) is 15.4. The third-order valence-corrected chi connectivity index (χ3v) is 6.64. The molecule has 3 heterocycles. The number of anilines is 1. The van der Waals surface area contributed by atoms with Gasteiger partial charge in [0.15, 0.2) is 0 Å². The Bertz CT molecular complexity index is 1160. The van der Waals surface area contributed by atoms with Gasteiger partial charge in [-0.15, -0.1) is 11.3 Å². The highest BCUT2D eigenvalue weighted by atomic mass is 35.5. The summed E-state index contributed by atoms with van der Waals surface area (Å²) in [5.74, 6) is 1.11. The maximum Gasteiger partial charge on any atom is 0.208 e. The number of ether oxygens (including phenoxy) is 1. The summed E-state index contributed by atoms with van der Waals surface area (Å²) in [7, 11) is 0. The highest BCUT2D eigenvalue weighted by Crippen LogP contribution is 2.42. The van der Waals surface area contributed by atoms with Crippen LogP contribution in [0.25, 0.3) is 0 Å². The van der Waals surface area contributed by atoms with Gasteiger partial charge in [0.2, 0.25) is 5.88 Å². The van der Waals surface area contributed by atoms with Crippen LogP contribution in [-0.4, -0.2) is 4.99 Å². The normalized spacial score (nSPS) is 18.1. The molecule has 2 aromatic carbocycles. The molecule has 2 aliphatic rings. The fourth-order valence-corrected chi connectivity index (χ4v) is 4.86. The van der Waals surface area contributed by atoms with E-state index in [0.717, 1.165) is 21.8 Å². The second-order valence-corrected chi connectivity index (χ2v) is 8.83. The molecule has 0 saturated carbocycles. The van der Waals surface area contributed by atoms with Crippen LogP contribution in [0.1, 0.15) is 22.2 Å². The smallest absolute Gasteiger partial charge is 0.208 e. The maximum absolute atomic E-state index is 14.4. The monoisotopic (exact) mass is 442 g/mol. The molecule has 29 heavy (non-hydrogen) atoms. The molecule has 2 aliphatic heterocycles. The highest BCUT2D eigenvalue weighted by Gasteiger charge is 2.38. The minimum Gasteiger partial charge on any atom is -0.440 e. The molecular formula is C22H16ClFN2OS2. The molecule has 7 heteroatoms. The number of benzene rings is 2. The molecule has 0 saturated heterocycles. The summed E-state index contributed by atoms with van der Waals surface area (Å²) in [5.41, 5.74) is 3.14. The lowest BCUT2D eigenvalue weighted by atomic mass is 9.99. The first kappa shape index (κ1) is 18.6. The molecule has 3 nitrogen and oxygen atoms in total. The summed E-state index contributed by atoms with van der Waals surface area (Å²) < 4.78 is 20.8. The molecule has 0 aliphatic carbocycles. The Morgan fingerprint density at radius 2 is 2.10 bits per heavy atom. The fourth-order valence-electron chi connectivity index (χ4n) is 3.63. The molecular weight excluding hydrogens is 427 g/mol. The zero-order chi connectivity index (χ0) is 20.1. The Morgan fingerprint density at radius 1 is 1.24 bits per heavy atom. The minimum atomic E-state index is -0.280. The molecule has 1 atom stereocenters. The van der Waals surface area contributed by atoms with Crippen LogP contribution in [0.5, 0.6) is 5.75 Å². The molecule has 0 amide bonds. The molecule has 1 aromatic heterocycles. The van der Waals surface area contributed by atoms with Crippen LogP contribution < -0.4 is 15.0 Å². The number of aryl methyl sites for hydroxylation is 1. The van der Waals surface area contributed by atoms with Crippen molar-refractivity contribution in [3.8, 4) is 5.75 Å². The number of thiocarbonyl (C=S) groups is 1. The van der Waals surface area contributed by atoms with Gasteiger partial charge >= 0.3 is 0 Å². The van der Waals surface area contributed by atoms with Crippen molar-refractivity contribution < 1.29 is 9.13 Å². The van der Waals surface area contributed by atoms with Crippen molar-refractivity contribution in [3.63, 3.8) is 0 Å². The summed E-state index contributed by atoms with van der Waals surface area (Å²) >= 11 is 13.5. The number of nitrogens with one attached hydrogen (secondary N) is 1. The van der Waals surface area contributed by atoms with Crippen molar-refractivity contribution in [1.82, 2.24) is 5.32 Å². The molecule has 5 rings (SSSR count). The topological polar surface area (TPSA) is 24.5 Å². The molecule has 0 spiro atoms. The first-order valence-electron chi connectivity index (χ1n) is 9.10. The van der Waals surface area contributed by atoms with Crippen molar-refractivity contribution in [2.45, 2.75) is 19.5 Å². The number of halogens is 2. The van der Waals surface area contributed by atoms with Gasteiger partial charge in [-0.2, -0.15) is 0 Å². The van der Waals surface area contributed by atoms with Crippen LogP contribution in [0.4, 0.5) is 10.1 Å². The van der Waals surface area contributed by atoms with E-state index in [4.69, 9.17) is 28.6 Å². The third kappa shape index (κ3) is 3.21. The second-order valence-electron chi connectivity index (χ2n) is 7.01. The standard InChI is InChI=1S/C22H16ClFN2OS2/c1-12-4-6-15(11-17(12)24)26-20(19-3-2-8-29-19)25-21(28)16-10-13-9-14(23)5-7-18(13)27-22(16)26/h2-9,11,20H,10H2,1H3,(H,25,28). The Kier molecular flexibility index (Phi) is 4.57. The molecule has 1 N–H and O–H groups in total. The van der Waals surface area contributed by atoms with Crippen LogP contribution >= 0.6 is 35.2 Å². The van der Waals surface area contributed by atoms with Crippen LogP contribution in [-0.2, 0) is 6.42 Å². The Morgan fingerprint density at radius 3 is 2.86 bits per heavy atom. The molecule has 0 fully saturated rings. The molecule has 146 valence electrons. The number of fused-ring (bicyclic) bond motifs is 1. The average molecular weight is 443 g/mol. The predicted molar refractivity (Wildman–Crippen MR) is 119 cm³/mol. The molecule has 1 unspecified atom stereocenters. The van der Waals surface area contributed by atoms with Crippen molar-refractivity contribution in [1.29, 1.82) is 0 Å². The van der Waals surface area contributed by atoms with Crippen LogP contribution in [0, 0.1) is 12.7 Å². The number of hydrogen-bond acceptors (Lipinski definition) is 4. The van der Waals surface area contributed by atoms with E-state index in [1.54, 1.807) is 30.4 Å². The lowest BCUT2D eigenvalue weighted by molar-refractivity contribution is 0.360. The Labute approximate surface area is 182 Å². The van der Waals surface area contributed by atoms with E-state index < -0.39 is 0 Å². The van der Waals surface area contributed by atoms with Gasteiger partial charge in [-0.05, 0) is 54.3 Å². The summed E-state index contributed by atoms with van der Waals surface area (Å²) in [6.45, 7) is 1.75. The fraction of sp³-hybridized carbons (Fsp3) is 0.136. The van der Waals surface area contributed by atoms with Crippen molar-refractivity contribution in [2.24, 2.45) is 0 Å². The van der Waals surface area contributed by atoms with Crippen molar-refractivity contribution in [2.75, 3.05) is 4.90 Å². The summed E-state index contributed by atoms with van der Waals surface area (Å²) in [6.07, 6.45) is 0.316.